The largest absolute Gasteiger partial charge is 0.377 e. The number of ether oxygens (including phenoxy) is 1. The van der Waals surface area contributed by atoms with Crippen LogP contribution in [0.2, 0.25) is 0 Å². The Balaban J connectivity index is 1.61. The third kappa shape index (κ3) is 4.63. The zero-order valence-corrected chi connectivity index (χ0v) is 16.2. The molecule has 0 aliphatic carbocycles. The lowest BCUT2D eigenvalue weighted by Gasteiger charge is -2.19. The summed E-state index contributed by atoms with van der Waals surface area (Å²) in [6, 6.07) is 12.5. The minimum Gasteiger partial charge on any atom is -0.377 e. The summed E-state index contributed by atoms with van der Waals surface area (Å²) in [6.07, 6.45) is 3.50. The predicted octanol–water partition coefficient (Wildman–Crippen LogP) is 3.64. The van der Waals surface area contributed by atoms with E-state index in [1.807, 2.05) is 19.2 Å². The van der Waals surface area contributed by atoms with Crippen LogP contribution < -0.4 is 0 Å². The van der Waals surface area contributed by atoms with Gasteiger partial charge >= 0.3 is 0 Å². The van der Waals surface area contributed by atoms with Gasteiger partial charge in [0.15, 0.2) is 5.78 Å². The number of Topliss-reactive ketones (excluding diaryl/α,β-unsaturated/α-hetero) is 1. The van der Waals surface area contributed by atoms with Gasteiger partial charge in [-0.15, -0.1) is 0 Å². The number of rotatable bonds is 8. The van der Waals surface area contributed by atoms with E-state index in [9.17, 15) is 4.79 Å². The molecular weight excluding hydrogens is 324 g/mol. The molecule has 1 aliphatic heterocycles. The highest BCUT2D eigenvalue weighted by atomic mass is 16.5. The lowest BCUT2D eigenvalue weighted by atomic mass is 10.1. The molecule has 2 aromatic rings. The SMILES string of the molecule is Cc1cc(C(=O)CN(C)CC2CCCO2)c(C)n1CCc1ccccc1. The standard InChI is InChI=1S/C22H30N2O2/c1-17-14-21(22(25)16-23(3)15-20-10-7-13-26-20)18(2)24(17)12-11-19-8-5-4-6-9-19/h4-6,8-9,14,20H,7,10-13,15-16H2,1-3H3. The van der Waals surface area contributed by atoms with E-state index in [-0.39, 0.29) is 11.9 Å². The summed E-state index contributed by atoms with van der Waals surface area (Å²) in [4.78, 5) is 14.9. The van der Waals surface area contributed by atoms with Crippen LogP contribution in [-0.4, -0.2) is 48.1 Å². The van der Waals surface area contributed by atoms with Crippen molar-refractivity contribution in [3.8, 4) is 0 Å². The minimum atomic E-state index is 0.199. The monoisotopic (exact) mass is 354 g/mol. The molecule has 0 radical (unpaired) electrons. The van der Waals surface area contributed by atoms with Gasteiger partial charge in [0.05, 0.1) is 12.6 Å². The number of benzene rings is 1. The first-order valence-corrected chi connectivity index (χ1v) is 9.58. The summed E-state index contributed by atoms with van der Waals surface area (Å²) < 4.78 is 7.94. The topological polar surface area (TPSA) is 34.5 Å². The van der Waals surface area contributed by atoms with Crippen LogP contribution in [0.4, 0.5) is 0 Å². The Hall–Kier alpha value is -1.91. The Bertz CT molecular complexity index is 730. The number of aryl methyl sites for hydroxylation is 2. The summed E-state index contributed by atoms with van der Waals surface area (Å²) in [5.41, 5.74) is 4.41. The molecule has 2 heterocycles. The number of hydrogen-bond donors (Lipinski definition) is 0. The van der Waals surface area contributed by atoms with Crippen molar-refractivity contribution in [3.05, 3.63) is 58.9 Å². The van der Waals surface area contributed by atoms with Crippen molar-refractivity contribution in [2.45, 2.75) is 45.8 Å². The molecule has 1 aromatic carbocycles. The summed E-state index contributed by atoms with van der Waals surface area (Å²) in [5.74, 6) is 0.199. The van der Waals surface area contributed by atoms with Crippen LogP contribution in [-0.2, 0) is 17.7 Å². The summed E-state index contributed by atoms with van der Waals surface area (Å²) in [7, 11) is 2.01. The molecule has 4 nitrogen and oxygen atoms in total. The fourth-order valence-corrected chi connectivity index (χ4v) is 3.84. The van der Waals surface area contributed by atoms with E-state index in [1.165, 1.54) is 5.56 Å². The van der Waals surface area contributed by atoms with Gasteiger partial charge in [-0.05, 0) is 51.8 Å². The van der Waals surface area contributed by atoms with Crippen LogP contribution in [0, 0.1) is 13.8 Å². The van der Waals surface area contributed by atoms with Crippen LogP contribution in [0.5, 0.6) is 0 Å². The van der Waals surface area contributed by atoms with E-state index in [1.54, 1.807) is 0 Å². The van der Waals surface area contributed by atoms with E-state index >= 15 is 0 Å². The van der Waals surface area contributed by atoms with Crippen LogP contribution in [0.1, 0.15) is 40.2 Å². The number of carbonyl (C=O) groups is 1. The fraction of sp³-hybridized carbons (Fsp3) is 0.500. The summed E-state index contributed by atoms with van der Waals surface area (Å²) in [5, 5.41) is 0. The molecule has 1 aliphatic rings. The highest BCUT2D eigenvalue weighted by Crippen LogP contribution is 2.18. The maximum Gasteiger partial charge on any atom is 0.178 e. The number of ketones is 1. The molecule has 0 spiro atoms. The van der Waals surface area contributed by atoms with Crippen molar-refractivity contribution in [1.29, 1.82) is 0 Å². The Kier molecular flexibility index (Phi) is 6.28. The fourth-order valence-electron chi connectivity index (χ4n) is 3.84. The van der Waals surface area contributed by atoms with Gasteiger partial charge in [0.2, 0.25) is 0 Å². The van der Waals surface area contributed by atoms with Gasteiger partial charge in [-0.2, -0.15) is 0 Å². The second-order valence-electron chi connectivity index (χ2n) is 7.43. The zero-order chi connectivity index (χ0) is 18.5. The summed E-state index contributed by atoms with van der Waals surface area (Å²) >= 11 is 0. The van der Waals surface area contributed by atoms with E-state index < -0.39 is 0 Å². The van der Waals surface area contributed by atoms with E-state index in [2.05, 4.69) is 47.6 Å². The van der Waals surface area contributed by atoms with Crippen LogP contribution >= 0.6 is 0 Å². The second kappa shape index (κ2) is 8.65. The highest BCUT2D eigenvalue weighted by Gasteiger charge is 2.21. The van der Waals surface area contributed by atoms with Gasteiger partial charge in [0.1, 0.15) is 0 Å². The number of nitrogens with zero attached hydrogens (tertiary/aromatic N) is 2. The molecule has 0 saturated carbocycles. The lowest BCUT2D eigenvalue weighted by Crippen LogP contribution is -2.33. The summed E-state index contributed by atoms with van der Waals surface area (Å²) in [6.45, 7) is 7.19. The zero-order valence-electron chi connectivity index (χ0n) is 16.2. The normalized spacial score (nSPS) is 17.2. The van der Waals surface area contributed by atoms with Gasteiger partial charge in [0, 0.05) is 36.6 Å². The van der Waals surface area contributed by atoms with Crippen molar-refractivity contribution in [2.24, 2.45) is 0 Å². The van der Waals surface area contributed by atoms with Crippen LogP contribution in [0.25, 0.3) is 0 Å². The third-order valence-corrected chi connectivity index (χ3v) is 5.29. The maximum absolute atomic E-state index is 12.8. The Morgan fingerprint density at radius 2 is 2.04 bits per heavy atom. The van der Waals surface area contributed by atoms with E-state index in [4.69, 9.17) is 4.74 Å². The quantitative estimate of drug-likeness (QED) is 0.679. The molecule has 4 heteroatoms. The number of hydrogen-bond acceptors (Lipinski definition) is 3. The average molecular weight is 354 g/mol. The van der Waals surface area contributed by atoms with Crippen molar-refractivity contribution < 1.29 is 9.53 Å². The van der Waals surface area contributed by atoms with Crippen LogP contribution in [0.3, 0.4) is 0 Å². The van der Waals surface area contributed by atoms with Crippen LogP contribution in [0.15, 0.2) is 36.4 Å². The van der Waals surface area contributed by atoms with E-state index in [0.717, 1.165) is 55.9 Å². The lowest BCUT2D eigenvalue weighted by molar-refractivity contribution is 0.0740. The molecule has 1 unspecified atom stereocenters. The van der Waals surface area contributed by atoms with Gasteiger partial charge in [-0.25, -0.2) is 0 Å². The van der Waals surface area contributed by atoms with Gasteiger partial charge in [-0.1, -0.05) is 30.3 Å². The first-order valence-electron chi connectivity index (χ1n) is 9.58. The molecule has 1 aromatic heterocycles. The molecular formula is C22H30N2O2. The first kappa shape index (κ1) is 18.9. The Labute approximate surface area is 156 Å². The molecule has 0 N–H and O–H groups in total. The molecule has 3 rings (SSSR count). The predicted molar refractivity (Wildman–Crippen MR) is 105 cm³/mol. The van der Waals surface area contributed by atoms with Gasteiger partial charge in [-0.3, -0.25) is 9.69 Å². The molecule has 1 atom stereocenters. The smallest absolute Gasteiger partial charge is 0.178 e. The van der Waals surface area contributed by atoms with E-state index in [0.29, 0.717) is 6.54 Å². The van der Waals surface area contributed by atoms with Crippen molar-refractivity contribution >= 4 is 5.78 Å². The molecule has 0 amide bonds. The Morgan fingerprint density at radius 1 is 1.27 bits per heavy atom. The average Bonchev–Trinajstić information content (AvgIpc) is 3.22. The van der Waals surface area contributed by atoms with Crippen molar-refractivity contribution in [3.63, 3.8) is 0 Å². The first-order chi connectivity index (χ1) is 12.5. The highest BCUT2D eigenvalue weighted by molar-refractivity contribution is 5.99. The van der Waals surface area contributed by atoms with Crippen molar-refractivity contribution in [2.75, 3.05) is 26.7 Å². The molecule has 1 saturated heterocycles. The maximum atomic E-state index is 12.8. The molecule has 1 fully saturated rings. The number of likely N-dealkylation sites (N-methyl/N-ethyl adjacent to an activating group) is 1. The van der Waals surface area contributed by atoms with Gasteiger partial charge in [0.25, 0.3) is 0 Å². The molecule has 26 heavy (non-hydrogen) atoms. The number of aromatic nitrogens is 1. The molecule has 0 bridgehead atoms. The number of carbonyl (C=O) groups excluding carboxylic acids is 1. The Morgan fingerprint density at radius 3 is 2.73 bits per heavy atom. The third-order valence-electron chi connectivity index (χ3n) is 5.29. The molecule has 140 valence electrons. The minimum absolute atomic E-state index is 0.199. The van der Waals surface area contributed by atoms with Gasteiger partial charge < -0.3 is 9.30 Å². The second-order valence-corrected chi connectivity index (χ2v) is 7.43. The van der Waals surface area contributed by atoms with Crippen molar-refractivity contribution in [1.82, 2.24) is 9.47 Å².